The van der Waals surface area contributed by atoms with Gasteiger partial charge in [-0.1, -0.05) is 48.5 Å². The van der Waals surface area contributed by atoms with Crippen molar-refractivity contribution in [3.63, 3.8) is 0 Å². The summed E-state index contributed by atoms with van der Waals surface area (Å²) in [6.07, 6.45) is 3.64. The van der Waals surface area contributed by atoms with E-state index in [4.69, 9.17) is 25.0 Å². The number of primary amides is 1. The van der Waals surface area contributed by atoms with Gasteiger partial charge in [-0.15, -0.1) is 0 Å². The lowest BCUT2D eigenvalue weighted by molar-refractivity contribution is -0.189. The van der Waals surface area contributed by atoms with Crippen LogP contribution in [0.15, 0.2) is 85.2 Å². The van der Waals surface area contributed by atoms with Crippen molar-refractivity contribution in [2.24, 2.45) is 5.73 Å². The molecule has 43 heavy (non-hydrogen) atoms. The van der Waals surface area contributed by atoms with Gasteiger partial charge >= 0.3 is 0 Å². The molecule has 0 aliphatic carbocycles. The number of carbonyl (C=O) groups excluding carboxylic acids is 2. The number of hydrogen-bond donors (Lipinski definition) is 2. The maximum Gasteiger partial charge on any atom is 0.280 e. The molecular formula is C32H34N6O5. The molecule has 1 unspecified atom stereocenters. The SMILES string of the molecule is NC(=O)C1(C(Cc2ccccc2)NC(=O)c2cccnc2-n2ccc(-c3cccc(CN4CCOCC4)c3)n2)OCCO1. The van der Waals surface area contributed by atoms with Crippen LogP contribution in [-0.4, -0.2) is 82.8 Å². The molecule has 2 amide bonds. The van der Waals surface area contributed by atoms with Gasteiger partial charge in [0.2, 0.25) is 0 Å². The summed E-state index contributed by atoms with van der Waals surface area (Å²) in [6.45, 7) is 4.54. The van der Waals surface area contributed by atoms with E-state index in [9.17, 15) is 9.59 Å². The Kier molecular flexibility index (Phi) is 8.57. The van der Waals surface area contributed by atoms with Crippen molar-refractivity contribution in [2.45, 2.75) is 24.8 Å². The van der Waals surface area contributed by atoms with E-state index in [1.54, 1.807) is 29.2 Å². The topological polar surface area (TPSA) is 134 Å². The molecule has 11 nitrogen and oxygen atoms in total. The second-order valence-electron chi connectivity index (χ2n) is 10.6. The minimum absolute atomic E-state index is 0.186. The zero-order valence-electron chi connectivity index (χ0n) is 23.7. The van der Waals surface area contributed by atoms with Crippen LogP contribution in [0.2, 0.25) is 0 Å². The molecule has 222 valence electrons. The average molecular weight is 583 g/mol. The number of morpholine rings is 1. The number of nitrogens with two attached hydrogens (primary N) is 1. The molecule has 4 heterocycles. The normalized spacial score (nSPS) is 17.4. The predicted octanol–water partition coefficient (Wildman–Crippen LogP) is 2.34. The number of nitrogens with zero attached hydrogens (tertiary/aromatic N) is 4. The fourth-order valence-electron chi connectivity index (χ4n) is 5.51. The van der Waals surface area contributed by atoms with E-state index < -0.39 is 23.6 Å². The zero-order valence-corrected chi connectivity index (χ0v) is 23.7. The van der Waals surface area contributed by atoms with Crippen LogP contribution >= 0.6 is 0 Å². The van der Waals surface area contributed by atoms with E-state index in [2.05, 4.69) is 27.3 Å². The molecule has 2 aliphatic rings. The van der Waals surface area contributed by atoms with Gasteiger partial charge in [0, 0.05) is 37.6 Å². The highest BCUT2D eigenvalue weighted by Gasteiger charge is 2.51. The first kappa shape index (κ1) is 28.7. The van der Waals surface area contributed by atoms with E-state index >= 15 is 0 Å². The quantitative estimate of drug-likeness (QED) is 0.291. The van der Waals surface area contributed by atoms with E-state index in [1.807, 2.05) is 48.5 Å². The summed E-state index contributed by atoms with van der Waals surface area (Å²) in [6, 6.07) is 22.1. The molecule has 2 aromatic carbocycles. The molecular weight excluding hydrogens is 548 g/mol. The van der Waals surface area contributed by atoms with Gasteiger partial charge in [0.15, 0.2) is 5.82 Å². The summed E-state index contributed by atoms with van der Waals surface area (Å²) in [7, 11) is 0. The van der Waals surface area contributed by atoms with Gasteiger partial charge in [-0.2, -0.15) is 5.10 Å². The van der Waals surface area contributed by atoms with Gasteiger partial charge in [0.05, 0.1) is 43.7 Å². The minimum Gasteiger partial charge on any atom is -0.379 e. The molecule has 2 aromatic heterocycles. The zero-order chi connectivity index (χ0) is 29.6. The van der Waals surface area contributed by atoms with Crippen molar-refractivity contribution in [3.05, 3.63) is 102 Å². The van der Waals surface area contributed by atoms with Crippen LogP contribution in [-0.2, 0) is 32.0 Å². The molecule has 0 bridgehead atoms. The van der Waals surface area contributed by atoms with Crippen LogP contribution in [0.25, 0.3) is 17.1 Å². The highest BCUT2D eigenvalue weighted by atomic mass is 16.7. The lowest BCUT2D eigenvalue weighted by atomic mass is 9.97. The molecule has 11 heteroatoms. The second kappa shape index (κ2) is 12.8. The van der Waals surface area contributed by atoms with E-state index in [-0.39, 0.29) is 25.2 Å². The standard InChI is InChI=1S/C32H34N6O5/c33-31(40)32(42-18-19-43-32)28(21-23-6-2-1-3-7-23)35-30(39)26-10-5-12-34-29(26)38-13-11-27(36-38)25-9-4-8-24(20-25)22-37-14-16-41-17-15-37/h1-13,20,28H,14-19,21-22H2,(H2,33,40)(H,35,39). The Hall–Kier alpha value is -4.42. The molecule has 3 N–H and O–H groups in total. The van der Waals surface area contributed by atoms with E-state index in [1.165, 1.54) is 5.56 Å². The maximum absolute atomic E-state index is 13.8. The summed E-state index contributed by atoms with van der Waals surface area (Å²) < 4.78 is 18.5. The minimum atomic E-state index is -1.79. The van der Waals surface area contributed by atoms with Crippen LogP contribution in [0.4, 0.5) is 0 Å². The molecule has 0 saturated carbocycles. The predicted molar refractivity (Wildman–Crippen MR) is 158 cm³/mol. The summed E-state index contributed by atoms with van der Waals surface area (Å²) >= 11 is 0. The highest BCUT2D eigenvalue weighted by molar-refractivity contribution is 5.98. The third kappa shape index (κ3) is 6.35. The molecule has 2 aliphatic heterocycles. The molecule has 1 atom stereocenters. The first-order valence-corrected chi connectivity index (χ1v) is 14.3. The number of nitrogens with one attached hydrogen (secondary N) is 1. The van der Waals surface area contributed by atoms with Crippen LogP contribution in [0.3, 0.4) is 0 Å². The lowest BCUT2D eigenvalue weighted by Gasteiger charge is -2.33. The van der Waals surface area contributed by atoms with Crippen molar-refractivity contribution in [1.29, 1.82) is 0 Å². The van der Waals surface area contributed by atoms with Crippen molar-refractivity contribution >= 4 is 11.8 Å². The third-order valence-corrected chi connectivity index (χ3v) is 7.68. The Morgan fingerprint density at radius 1 is 0.930 bits per heavy atom. The largest absolute Gasteiger partial charge is 0.379 e. The fourth-order valence-corrected chi connectivity index (χ4v) is 5.51. The number of benzene rings is 2. The first-order chi connectivity index (χ1) is 21.0. The Bertz CT molecular complexity index is 1560. The Morgan fingerprint density at radius 2 is 1.70 bits per heavy atom. The van der Waals surface area contributed by atoms with Crippen LogP contribution in [0.5, 0.6) is 0 Å². The number of aromatic nitrogens is 3. The number of pyridine rings is 1. The van der Waals surface area contributed by atoms with Crippen molar-refractivity contribution in [2.75, 3.05) is 39.5 Å². The number of ether oxygens (including phenoxy) is 3. The number of hydrogen-bond acceptors (Lipinski definition) is 8. The molecule has 0 radical (unpaired) electrons. The molecule has 2 fully saturated rings. The summed E-state index contributed by atoms with van der Waals surface area (Å²) in [4.78, 5) is 33.3. The molecule has 0 spiro atoms. The fraction of sp³-hybridized carbons (Fsp3) is 0.312. The van der Waals surface area contributed by atoms with Crippen molar-refractivity contribution in [3.8, 4) is 17.1 Å². The Balaban J connectivity index is 1.25. The summed E-state index contributed by atoms with van der Waals surface area (Å²) in [5, 5.41) is 7.72. The van der Waals surface area contributed by atoms with Gasteiger partial charge in [0.25, 0.3) is 17.6 Å². The van der Waals surface area contributed by atoms with Gasteiger partial charge in [-0.3, -0.25) is 14.5 Å². The first-order valence-electron chi connectivity index (χ1n) is 14.3. The second-order valence-corrected chi connectivity index (χ2v) is 10.6. The average Bonchev–Trinajstić information content (AvgIpc) is 3.74. The third-order valence-electron chi connectivity index (χ3n) is 7.68. The van der Waals surface area contributed by atoms with Crippen LogP contribution < -0.4 is 11.1 Å². The number of carbonyl (C=O) groups is 2. The smallest absolute Gasteiger partial charge is 0.280 e. The van der Waals surface area contributed by atoms with Gasteiger partial charge in [0.1, 0.15) is 0 Å². The Morgan fingerprint density at radius 3 is 2.47 bits per heavy atom. The van der Waals surface area contributed by atoms with Crippen molar-refractivity contribution in [1.82, 2.24) is 25.0 Å². The van der Waals surface area contributed by atoms with Gasteiger partial charge in [-0.05, 0) is 41.8 Å². The van der Waals surface area contributed by atoms with Gasteiger partial charge < -0.3 is 25.3 Å². The molecule has 4 aromatic rings. The highest BCUT2D eigenvalue weighted by Crippen LogP contribution is 2.27. The molecule has 6 rings (SSSR count). The van der Waals surface area contributed by atoms with Crippen LogP contribution in [0.1, 0.15) is 21.5 Å². The van der Waals surface area contributed by atoms with E-state index in [0.29, 0.717) is 5.82 Å². The Labute approximate surface area is 249 Å². The monoisotopic (exact) mass is 582 g/mol. The van der Waals surface area contributed by atoms with Crippen molar-refractivity contribution < 1.29 is 23.8 Å². The lowest BCUT2D eigenvalue weighted by Crippen LogP contribution is -2.61. The van der Waals surface area contributed by atoms with Gasteiger partial charge in [-0.25, -0.2) is 9.67 Å². The van der Waals surface area contributed by atoms with Crippen LogP contribution in [0, 0.1) is 0 Å². The maximum atomic E-state index is 13.8. The molecule has 2 saturated heterocycles. The number of rotatable bonds is 10. The van der Waals surface area contributed by atoms with E-state index in [0.717, 1.165) is 49.7 Å². The summed E-state index contributed by atoms with van der Waals surface area (Å²) in [5.74, 6) is -2.71. The summed E-state index contributed by atoms with van der Waals surface area (Å²) in [5.41, 5.74) is 9.83. The number of amides is 2.